The second kappa shape index (κ2) is 5.49. The van der Waals surface area contributed by atoms with Crippen LogP contribution in [0.5, 0.6) is 5.75 Å². The zero-order valence-corrected chi connectivity index (χ0v) is 11.2. The molecule has 0 saturated carbocycles. The van der Waals surface area contributed by atoms with Crippen molar-refractivity contribution in [3.05, 3.63) is 53.5 Å². The summed E-state index contributed by atoms with van der Waals surface area (Å²) < 4.78 is 11.2. The lowest BCUT2D eigenvalue weighted by Gasteiger charge is -2.11. The van der Waals surface area contributed by atoms with E-state index in [1.54, 1.807) is 6.26 Å². The van der Waals surface area contributed by atoms with Crippen LogP contribution in [-0.4, -0.2) is 19.2 Å². The summed E-state index contributed by atoms with van der Waals surface area (Å²) in [7, 11) is 0. The predicted octanol–water partition coefficient (Wildman–Crippen LogP) is 2.72. The van der Waals surface area contributed by atoms with Crippen LogP contribution in [-0.2, 0) is 12.8 Å². The molecular formula is C16H19NO2. The van der Waals surface area contributed by atoms with Gasteiger partial charge in [-0.05, 0) is 30.7 Å². The van der Waals surface area contributed by atoms with Gasteiger partial charge in [0.05, 0.1) is 6.26 Å². The topological polar surface area (TPSA) is 34.4 Å². The molecule has 1 aliphatic heterocycles. The second-order valence-corrected chi connectivity index (χ2v) is 5.09. The van der Waals surface area contributed by atoms with Crippen LogP contribution in [0.4, 0.5) is 0 Å². The van der Waals surface area contributed by atoms with Crippen LogP contribution in [0.2, 0.25) is 0 Å². The number of hydrogen-bond donors (Lipinski definition) is 1. The lowest BCUT2D eigenvalue weighted by atomic mass is 10.1. The van der Waals surface area contributed by atoms with E-state index < -0.39 is 0 Å². The molecular weight excluding hydrogens is 238 g/mol. The third-order valence-corrected chi connectivity index (χ3v) is 3.46. The van der Waals surface area contributed by atoms with Gasteiger partial charge >= 0.3 is 0 Å². The molecule has 3 heteroatoms. The van der Waals surface area contributed by atoms with Gasteiger partial charge in [0.15, 0.2) is 0 Å². The van der Waals surface area contributed by atoms with Crippen LogP contribution < -0.4 is 10.1 Å². The van der Waals surface area contributed by atoms with Gasteiger partial charge in [0.1, 0.15) is 17.6 Å². The van der Waals surface area contributed by atoms with Crippen LogP contribution >= 0.6 is 0 Å². The summed E-state index contributed by atoms with van der Waals surface area (Å²) in [6.45, 7) is 3.92. The Morgan fingerprint density at radius 2 is 2.26 bits per heavy atom. The summed E-state index contributed by atoms with van der Waals surface area (Å²) in [5.41, 5.74) is 2.63. The highest BCUT2D eigenvalue weighted by molar-refractivity contribution is 5.40. The van der Waals surface area contributed by atoms with E-state index >= 15 is 0 Å². The Kier molecular flexibility index (Phi) is 3.56. The third kappa shape index (κ3) is 2.99. The quantitative estimate of drug-likeness (QED) is 0.836. The van der Waals surface area contributed by atoms with Gasteiger partial charge in [0.2, 0.25) is 0 Å². The number of ether oxygens (including phenoxy) is 1. The van der Waals surface area contributed by atoms with Gasteiger partial charge in [-0.3, -0.25) is 0 Å². The first-order valence-electron chi connectivity index (χ1n) is 6.80. The lowest BCUT2D eigenvalue weighted by molar-refractivity contribution is 0.228. The molecule has 2 heterocycles. The van der Waals surface area contributed by atoms with E-state index in [1.165, 1.54) is 11.1 Å². The van der Waals surface area contributed by atoms with Gasteiger partial charge in [-0.2, -0.15) is 0 Å². The van der Waals surface area contributed by atoms with Crippen molar-refractivity contribution < 1.29 is 9.15 Å². The molecule has 0 bridgehead atoms. The maximum atomic E-state index is 5.91. The van der Waals surface area contributed by atoms with Crippen molar-refractivity contribution >= 4 is 0 Å². The van der Waals surface area contributed by atoms with E-state index in [1.807, 2.05) is 12.1 Å². The average molecular weight is 257 g/mol. The Labute approximate surface area is 113 Å². The minimum Gasteiger partial charge on any atom is -0.488 e. The first-order valence-corrected chi connectivity index (χ1v) is 6.80. The summed E-state index contributed by atoms with van der Waals surface area (Å²) >= 11 is 0. The molecule has 1 unspecified atom stereocenters. The predicted molar refractivity (Wildman–Crippen MR) is 74.6 cm³/mol. The van der Waals surface area contributed by atoms with Crippen molar-refractivity contribution in [2.75, 3.05) is 13.1 Å². The smallest absolute Gasteiger partial charge is 0.123 e. The molecule has 2 aromatic rings. The molecule has 1 aromatic heterocycles. The van der Waals surface area contributed by atoms with Gasteiger partial charge in [-0.15, -0.1) is 0 Å². The van der Waals surface area contributed by atoms with Crippen molar-refractivity contribution in [2.45, 2.75) is 25.9 Å². The van der Waals surface area contributed by atoms with Crippen molar-refractivity contribution in [1.29, 1.82) is 0 Å². The highest BCUT2D eigenvalue weighted by Crippen LogP contribution is 2.29. The Morgan fingerprint density at radius 3 is 3.11 bits per heavy atom. The molecule has 1 aromatic carbocycles. The van der Waals surface area contributed by atoms with Gasteiger partial charge in [-0.1, -0.05) is 17.7 Å². The number of furan rings is 1. The third-order valence-electron chi connectivity index (χ3n) is 3.46. The monoisotopic (exact) mass is 257 g/mol. The number of benzene rings is 1. The molecule has 0 amide bonds. The van der Waals surface area contributed by atoms with E-state index in [0.29, 0.717) is 0 Å². The highest BCUT2D eigenvalue weighted by Gasteiger charge is 2.22. The SMILES string of the molecule is Cc1ccc2c(c1)CC(CNCCc1ccco1)O2. The summed E-state index contributed by atoms with van der Waals surface area (Å²) in [6, 6.07) is 10.3. The average Bonchev–Trinajstić information content (AvgIpc) is 3.02. The Hall–Kier alpha value is -1.74. The molecule has 100 valence electrons. The molecule has 3 rings (SSSR count). The van der Waals surface area contributed by atoms with Crippen LogP contribution in [0.3, 0.4) is 0 Å². The molecule has 0 aliphatic carbocycles. The normalized spacial score (nSPS) is 17.2. The fourth-order valence-corrected chi connectivity index (χ4v) is 2.49. The number of aryl methyl sites for hydroxylation is 1. The first kappa shape index (κ1) is 12.3. The van der Waals surface area contributed by atoms with Gasteiger partial charge in [-0.25, -0.2) is 0 Å². The van der Waals surface area contributed by atoms with Crippen molar-refractivity contribution in [1.82, 2.24) is 5.32 Å². The Morgan fingerprint density at radius 1 is 1.32 bits per heavy atom. The largest absolute Gasteiger partial charge is 0.488 e. The molecule has 0 saturated heterocycles. The molecule has 1 atom stereocenters. The van der Waals surface area contributed by atoms with Crippen molar-refractivity contribution in [3.8, 4) is 5.75 Å². The molecule has 0 spiro atoms. The summed E-state index contributed by atoms with van der Waals surface area (Å²) in [4.78, 5) is 0. The molecule has 1 N–H and O–H groups in total. The maximum Gasteiger partial charge on any atom is 0.123 e. The van der Waals surface area contributed by atoms with Crippen molar-refractivity contribution in [2.24, 2.45) is 0 Å². The van der Waals surface area contributed by atoms with Gasteiger partial charge in [0, 0.05) is 25.9 Å². The van der Waals surface area contributed by atoms with E-state index in [2.05, 4.69) is 30.4 Å². The molecule has 19 heavy (non-hydrogen) atoms. The zero-order chi connectivity index (χ0) is 13.1. The minimum atomic E-state index is 0.258. The van der Waals surface area contributed by atoms with Crippen molar-refractivity contribution in [3.63, 3.8) is 0 Å². The zero-order valence-electron chi connectivity index (χ0n) is 11.2. The first-order chi connectivity index (χ1) is 9.31. The number of hydrogen-bond acceptors (Lipinski definition) is 3. The maximum absolute atomic E-state index is 5.91. The molecule has 1 aliphatic rings. The minimum absolute atomic E-state index is 0.258. The second-order valence-electron chi connectivity index (χ2n) is 5.09. The standard InChI is InChI=1S/C16H19NO2/c1-12-4-5-16-13(9-12)10-15(19-16)11-17-7-6-14-3-2-8-18-14/h2-5,8-9,15,17H,6-7,10-11H2,1H3. The summed E-state index contributed by atoms with van der Waals surface area (Å²) in [5.74, 6) is 2.07. The lowest BCUT2D eigenvalue weighted by Crippen LogP contribution is -2.31. The molecule has 3 nitrogen and oxygen atoms in total. The fraction of sp³-hybridized carbons (Fsp3) is 0.375. The Balaban J connectivity index is 1.43. The van der Waals surface area contributed by atoms with Crippen LogP contribution in [0, 0.1) is 6.92 Å². The van der Waals surface area contributed by atoms with E-state index in [0.717, 1.165) is 37.4 Å². The van der Waals surface area contributed by atoms with Gasteiger partial charge < -0.3 is 14.5 Å². The number of rotatable bonds is 5. The highest BCUT2D eigenvalue weighted by atomic mass is 16.5. The number of nitrogens with one attached hydrogen (secondary N) is 1. The molecule has 0 radical (unpaired) electrons. The summed E-state index contributed by atoms with van der Waals surface area (Å²) in [5, 5.41) is 3.43. The Bertz CT molecular complexity index is 534. The van der Waals surface area contributed by atoms with Crippen LogP contribution in [0.25, 0.3) is 0 Å². The summed E-state index contributed by atoms with van der Waals surface area (Å²) in [6.07, 6.45) is 3.90. The van der Waals surface area contributed by atoms with E-state index in [-0.39, 0.29) is 6.10 Å². The number of fused-ring (bicyclic) bond motifs is 1. The van der Waals surface area contributed by atoms with E-state index in [4.69, 9.17) is 9.15 Å². The van der Waals surface area contributed by atoms with E-state index in [9.17, 15) is 0 Å². The molecule has 0 fully saturated rings. The van der Waals surface area contributed by atoms with Crippen LogP contribution in [0.15, 0.2) is 41.0 Å². The van der Waals surface area contributed by atoms with Gasteiger partial charge in [0.25, 0.3) is 0 Å². The van der Waals surface area contributed by atoms with Crippen LogP contribution in [0.1, 0.15) is 16.9 Å². The fourth-order valence-electron chi connectivity index (χ4n) is 2.49.